The first-order valence-electron chi connectivity index (χ1n) is 6.63. The highest BCUT2D eigenvalue weighted by Crippen LogP contribution is 2.35. The first-order valence-corrected chi connectivity index (χ1v) is 6.63. The fourth-order valence-corrected chi connectivity index (χ4v) is 3.28. The predicted octanol–water partition coefficient (Wildman–Crippen LogP) is 1.95. The van der Waals surface area contributed by atoms with Crippen LogP contribution in [0.1, 0.15) is 24.5 Å². The van der Waals surface area contributed by atoms with Crippen LogP contribution in [0.25, 0.3) is 0 Å². The van der Waals surface area contributed by atoms with Gasteiger partial charge in [-0.15, -0.1) is 0 Å². The molecular formula is C15H19NO2. The Bertz CT molecular complexity index is 460. The van der Waals surface area contributed by atoms with Gasteiger partial charge in [0.05, 0.1) is 5.41 Å². The van der Waals surface area contributed by atoms with Gasteiger partial charge in [0.2, 0.25) is 0 Å². The van der Waals surface area contributed by atoms with Crippen LogP contribution in [0.15, 0.2) is 24.3 Å². The molecule has 96 valence electrons. The van der Waals surface area contributed by atoms with Crippen LogP contribution in [0.2, 0.25) is 0 Å². The van der Waals surface area contributed by atoms with Crippen molar-refractivity contribution >= 4 is 5.97 Å². The van der Waals surface area contributed by atoms with E-state index in [-0.39, 0.29) is 0 Å². The zero-order valence-corrected chi connectivity index (χ0v) is 10.7. The van der Waals surface area contributed by atoms with Crippen molar-refractivity contribution < 1.29 is 9.90 Å². The van der Waals surface area contributed by atoms with E-state index in [0.29, 0.717) is 12.6 Å². The monoisotopic (exact) mass is 245 g/mol. The fourth-order valence-electron chi connectivity index (χ4n) is 3.28. The number of fused-ring (bicyclic) bond motifs is 1. The normalized spacial score (nSPS) is 28.5. The molecule has 0 aromatic heterocycles. The third-order valence-corrected chi connectivity index (χ3v) is 4.57. The van der Waals surface area contributed by atoms with E-state index < -0.39 is 11.4 Å². The average Bonchev–Trinajstić information content (AvgIpc) is 2.92. The lowest BCUT2D eigenvalue weighted by Gasteiger charge is -2.25. The Kier molecular flexibility index (Phi) is 2.67. The summed E-state index contributed by atoms with van der Waals surface area (Å²) in [5, 5.41) is 9.28. The van der Waals surface area contributed by atoms with E-state index in [4.69, 9.17) is 0 Å². The number of nitrogens with zero attached hydrogens (tertiary/aromatic N) is 1. The molecular weight excluding hydrogens is 226 g/mol. The minimum Gasteiger partial charge on any atom is -0.481 e. The topological polar surface area (TPSA) is 40.5 Å². The maximum Gasteiger partial charge on any atom is 0.310 e. The summed E-state index contributed by atoms with van der Waals surface area (Å²) in [6.07, 6.45) is 2.92. The van der Waals surface area contributed by atoms with Gasteiger partial charge < -0.3 is 5.11 Å². The number of carboxylic acid groups (broad SMARTS) is 1. The van der Waals surface area contributed by atoms with Crippen LogP contribution in [-0.4, -0.2) is 35.1 Å². The molecule has 1 aromatic carbocycles. The van der Waals surface area contributed by atoms with Crippen LogP contribution >= 0.6 is 0 Å². The summed E-state index contributed by atoms with van der Waals surface area (Å²) in [7, 11) is 0. The second-order valence-electron chi connectivity index (χ2n) is 5.92. The average molecular weight is 245 g/mol. The third kappa shape index (κ3) is 1.83. The summed E-state index contributed by atoms with van der Waals surface area (Å²) >= 11 is 0. The van der Waals surface area contributed by atoms with Crippen LogP contribution < -0.4 is 0 Å². The van der Waals surface area contributed by atoms with Gasteiger partial charge in [0.1, 0.15) is 0 Å². The maximum absolute atomic E-state index is 11.3. The highest BCUT2D eigenvalue weighted by atomic mass is 16.4. The standard InChI is InChI=1S/C15H19NO2/c1-15(14(17)18)6-7-16(10-15)13-8-11-4-2-3-5-12(11)9-13/h2-5,13H,6-10H2,1H3,(H,17,18). The van der Waals surface area contributed by atoms with Crippen LogP contribution in [0.5, 0.6) is 0 Å². The number of hydrogen-bond acceptors (Lipinski definition) is 2. The number of carboxylic acids is 1. The van der Waals surface area contributed by atoms with E-state index in [2.05, 4.69) is 29.2 Å². The Labute approximate surface area is 107 Å². The molecule has 1 aromatic rings. The zero-order chi connectivity index (χ0) is 12.8. The lowest BCUT2D eigenvalue weighted by atomic mass is 9.90. The molecule has 1 heterocycles. The van der Waals surface area contributed by atoms with E-state index in [1.807, 2.05) is 6.92 Å². The molecule has 3 nitrogen and oxygen atoms in total. The van der Waals surface area contributed by atoms with Crippen molar-refractivity contribution in [3.05, 3.63) is 35.4 Å². The molecule has 3 heteroatoms. The molecule has 1 unspecified atom stereocenters. The van der Waals surface area contributed by atoms with Gasteiger partial charge in [0.25, 0.3) is 0 Å². The highest BCUT2D eigenvalue weighted by molar-refractivity contribution is 5.74. The number of likely N-dealkylation sites (tertiary alicyclic amines) is 1. The fraction of sp³-hybridized carbons (Fsp3) is 0.533. The van der Waals surface area contributed by atoms with Crippen molar-refractivity contribution in [1.29, 1.82) is 0 Å². The SMILES string of the molecule is CC1(C(=O)O)CCN(C2Cc3ccccc3C2)C1. The van der Waals surface area contributed by atoms with Gasteiger partial charge in [-0.3, -0.25) is 9.69 Å². The molecule has 2 aliphatic rings. The molecule has 3 rings (SSSR count). The largest absolute Gasteiger partial charge is 0.481 e. The van der Waals surface area contributed by atoms with Gasteiger partial charge in [-0.05, 0) is 43.9 Å². The van der Waals surface area contributed by atoms with Crippen molar-refractivity contribution in [2.24, 2.45) is 5.41 Å². The van der Waals surface area contributed by atoms with Crippen LogP contribution in [-0.2, 0) is 17.6 Å². The maximum atomic E-state index is 11.3. The second kappa shape index (κ2) is 4.09. The smallest absolute Gasteiger partial charge is 0.310 e. The van der Waals surface area contributed by atoms with Crippen molar-refractivity contribution in [1.82, 2.24) is 4.90 Å². The Morgan fingerprint density at radius 3 is 2.44 bits per heavy atom. The van der Waals surface area contributed by atoms with Crippen molar-refractivity contribution in [2.75, 3.05) is 13.1 Å². The molecule has 1 N–H and O–H groups in total. The summed E-state index contributed by atoms with van der Waals surface area (Å²) in [6, 6.07) is 9.08. The van der Waals surface area contributed by atoms with Gasteiger partial charge in [-0.25, -0.2) is 0 Å². The van der Waals surface area contributed by atoms with E-state index in [0.717, 1.165) is 25.8 Å². The van der Waals surface area contributed by atoms with Crippen LogP contribution in [0, 0.1) is 5.41 Å². The molecule has 0 spiro atoms. The van der Waals surface area contributed by atoms with Gasteiger partial charge in [-0.2, -0.15) is 0 Å². The number of rotatable bonds is 2. The Morgan fingerprint density at radius 1 is 1.33 bits per heavy atom. The number of benzene rings is 1. The summed E-state index contributed by atoms with van der Waals surface area (Å²) in [6.45, 7) is 3.49. The van der Waals surface area contributed by atoms with Crippen molar-refractivity contribution in [3.63, 3.8) is 0 Å². The minimum absolute atomic E-state index is 0.503. The Morgan fingerprint density at radius 2 is 1.94 bits per heavy atom. The van der Waals surface area contributed by atoms with Crippen LogP contribution in [0.4, 0.5) is 0 Å². The minimum atomic E-state index is -0.652. The Balaban J connectivity index is 1.72. The van der Waals surface area contributed by atoms with Gasteiger partial charge in [0, 0.05) is 12.6 Å². The summed E-state index contributed by atoms with van der Waals surface area (Å²) in [5.74, 6) is -0.652. The van der Waals surface area contributed by atoms with E-state index in [9.17, 15) is 9.90 Å². The van der Waals surface area contributed by atoms with Gasteiger partial charge >= 0.3 is 5.97 Å². The molecule has 1 fully saturated rings. The molecule has 1 aliphatic heterocycles. The lowest BCUT2D eigenvalue weighted by Crippen LogP contribution is -2.37. The molecule has 0 bridgehead atoms. The molecule has 18 heavy (non-hydrogen) atoms. The highest BCUT2D eigenvalue weighted by Gasteiger charge is 2.43. The zero-order valence-electron chi connectivity index (χ0n) is 10.7. The first-order chi connectivity index (χ1) is 8.58. The molecule has 0 saturated carbocycles. The summed E-state index contributed by atoms with van der Waals surface area (Å²) < 4.78 is 0. The van der Waals surface area contributed by atoms with Crippen molar-refractivity contribution in [2.45, 2.75) is 32.2 Å². The molecule has 0 radical (unpaired) electrons. The number of aliphatic carboxylic acids is 1. The predicted molar refractivity (Wildman–Crippen MR) is 69.6 cm³/mol. The molecule has 1 aliphatic carbocycles. The quantitative estimate of drug-likeness (QED) is 0.865. The van der Waals surface area contributed by atoms with Crippen molar-refractivity contribution in [3.8, 4) is 0 Å². The first kappa shape index (κ1) is 11.7. The van der Waals surface area contributed by atoms with Gasteiger partial charge in [0.15, 0.2) is 0 Å². The van der Waals surface area contributed by atoms with E-state index in [1.165, 1.54) is 11.1 Å². The van der Waals surface area contributed by atoms with Crippen LogP contribution in [0.3, 0.4) is 0 Å². The molecule has 1 atom stereocenters. The molecule has 1 saturated heterocycles. The number of carbonyl (C=O) groups is 1. The summed E-state index contributed by atoms with van der Waals surface area (Å²) in [4.78, 5) is 13.6. The Hall–Kier alpha value is -1.35. The van der Waals surface area contributed by atoms with E-state index >= 15 is 0 Å². The van der Waals surface area contributed by atoms with Gasteiger partial charge in [-0.1, -0.05) is 24.3 Å². The summed E-state index contributed by atoms with van der Waals surface area (Å²) in [5.41, 5.74) is 2.33. The number of hydrogen-bond donors (Lipinski definition) is 1. The third-order valence-electron chi connectivity index (χ3n) is 4.57. The van der Waals surface area contributed by atoms with E-state index in [1.54, 1.807) is 0 Å². The second-order valence-corrected chi connectivity index (χ2v) is 5.92. The lowest BCUT2D eigenvalue weighted by molar-refractivity contribution is -0.147. The molecule has 0 amide bonds.